The number of hydrogen-bond donors (Lipinski definition) is 0. The van der Waals surface area contributed by atoms with E-state index in [9.17, 15) is 0 Å². The van der Waals surface area contributed by atoms with E-state index in [2.05, 4.69) is 17.5 Å². The SMILES string of the molecule is c1csc(C2C3=C(CCCC3)[Se]C3=C2CCCC3)c1. The van der Waals surface area contributed by atoms with Crippen molar-refractivity contribution < 1.29 is 0 Å². The van der Waals surface area contributed by atoms with Gasteiger partial charge in [0.15, 0.2) is 0 Å². The molecule has 4 rings (SSSR count). The van der Waals surface area contributed by atoms with Crippen molar-refractivity contribution in [2.24, 2.45) is 0 Å². The van der Waals surface area contributed by atoms with Crippen LogP contribution in [0.4, 0.5) is 0 Å². The van der Waals surface area contributed by atoms with Gasteiger partial charge in [-0.3, -0.25) is 0 Å². The minimum absolute atomic E-state index is 0.709. The molecular formula is C17H20SSe. The summed E-state index contributed by atoms with van der Waals surface area (Å²) in [7, 11) is 0. The van der Waals surface area contributed by atoms with Crippen LogP contribution in [-0.4, -0.2) is 15.0 Å². The Kier molecular flexibility index (Phi) is 3.43. The summed E-state index contributed by atoms with van der Waals surface area (Å²) >= 11 is 2.70. The second-order valence-electron chi connectivity index (χ2n) is 5.86. The second-order valence-corrected chi connectivity index (χ2v) is 9.34. The molecule has 19 heavy (non-hydrogen) atoms. The van der Waals surface area contributed by atoms with Gasteiger partial charge >= 0.3 is 126 Å². The Morgan fingerprint density at radius 1 is 0.895 bits per heavy atom. The van der Waals surface area contributed by atoms with Crippen LogP contribution in [0, 0.1) is 0 Å². The van der Waals surface area contributed by atoms with Gasteiger partial charge in [-0.05, 0) is 0 Å². The molecule has 0 saturated heterocycles. The van der Waals surface area contributed by atoms with Crippen molar-refractivity contribution in [1.82, 2.24) is 0 Å². The van der Waals surface area contributed by atoms with Gasteiger partial charge in [-0.2, -0.15) is 0 Å². The molecule has 0 bridgehead atoms. The van der Waals surface area contributed by atoms with Crippen molar-refractivity contribution in [1.29, 1.82) is 0 Å². The Morgan fingerprint density at radius 2 is 1.53 bits per heavy atom. The van der Waals surface area contributed by atoms with Gasteiger partial charge in [0.1, 0.15) is 0 Å². The zero-order chi connectivity index (χ0) is 12.7. The van der Waals surface area contributed by atoms with Crippen molar-refractivity contribution >= 4 is 26.3 Å². The van der Waals surface area contributed by atoms with Crippen molar-refractivity contribution in [3.05, 3.63) is 42.5 Å². The average molecular weight is 335 g/mol. The van der Waals surface area contributed by atoms with Crippen molar-refractivity contribution in [2.75, 3.05) is 0 Å². The third-order valence-electron chi connectivity index (χ3n) is 4.69. The van der Waals surface area contributed by atoms with Gasteiger partial charge in [-0.15, -0.1) is 0 Å². The monoisotopic (exact) mass is 336 g/mol. The molecule has 2 heterocycles. The summed E-state index contributed by atoms with van der Waals surface area (Å²) in [5.74, 6) is 0.709. The molecule has 1 aromatic heterocycles. The summed E-state index contributed by atoms with van der Waals surface area (Å²) in [5, 5.41) is 2.27. The van der Waals surface area contributed by atoms with Gasteiger partial charge in [0.05, 0.1) is 0 Å². The summed E-state index contributed by atoms with van der Waals surface area (Å²) in [6.45, 7) is 0. The molecule has 0 radical (unpaired) electrons. The molecule has 0 spiro atoms. The Hall–Kier alpha value is -0.301. The van der Waals surface area contributed by atoms with Crippen LogP contribution in [0.25, 0.3) is 0 Å². The maximum atomic E-state index is 2.38. The quantitative estimate of drug-likeness (QED) is 0.618. The molecule has 0 saturated carbocycles. The Morgan fingerprint density at radius 3 is 2.11 bits per heavy atom. The second kappa shape index (κ2) is 5.24. The standard InChI is InChI=1S/C17H20SSe/c1-3-9-15-12(6-1)17(14-8-5-11-18-14)13-7-2-4-10-16(13)19-15/h5,8,11,17H,1-4,6-7,9-10H2. The van der Waals surface area contributed by atoms with Gasteiger partial charge in [0.2, 0.25) is 0 Å². The Balaban J connectivity index is 1.82. The summed E-state index contributed by atoms with van der Waals surface area (Å²) in [5.41, 5.74) is 3.71. The average Bonchev–Trinajstić information content (AvgIpc) is 2.98. The summed E-state index contributed by atoms with van der Waals surface area (Å²) in [6.07, 6.45) is 11.3. The van der Waals surface area contributed by atoms with E-state index < -0.39 is 0 Å². The zero-order valence-corrected chi connectivity index (χ0v) is 13.8. The molecule has 0 nitrogen and oxygen atoms in total. The molecular weight excluding hydrogens is 315 g/mol. The van der Waals surface area contributed by atoms with Crippen LogP contribution in [0.1, 0.15) is 62.2 Å². The maximum absolute atomic E-state index is 2.38. The van der Waals surface area contributed by atoms with E-state index in [1.54, 1.807) is 4.88 Å². The van der Waals surface area contributed by atoms with E-state index in [-0.39, 0.29) is 0 Å². The molecule has 0 N–H and O–H groups in total. The number of hydrogen-bond acceptors (Lipinski definition) is 1. The van der Waals surface area contributed by atoms with E-state index in [0.717, 1.165) is 15.0 Å². The van der Waals surface area contributed by atoms with E-state index in [1.807, 2.05) is 31.4 Å². The number of allylic oxidation sites excluding steroid dienone is 4. The van der Waals surface area contributed by atoms with Crippen LogP contribution < -0.4 is 0 Å². The van der Waals surface area contributed by atoms with Gasteiger partial charge in [0.25, 0.3) is 0 Å². The van der Waals surface area contributed by atoms with Crippen LogP contribution >= 0.6 is 11.3 Å². The zero-order valence-electron chi connectivity index (χ0n) is 11.3. The predicted molar refractivity (Wildman–Crippen MR) is 83.8 cm³/mol. The third-order valence-corrected chi connectivity index (χ3v) is 8.62. The van der Waals surface area contributed by atoms with E-state index in [0.29, 0.717) is 5.92 Å². The van der Waals surface area contributed by atoms with Gasteiger partial charge in [0, 0.05) is 0 Å². The van der Waals surface area contributed by atoms with E-state index >= 15 is 0 Å². The first kappa shape index (κ1) is 12.4. The van der Waals surface area contributed by atoms with E-state index in [1.165, 1.54) is 51.4 Å². The van der Waals surface area contributed by atoms with Crippen LogP contribution in [0.5, 0.6) is 0 Å². The predicted octanol–water partition coefficient (Wildman–Crippen LogP) is 5.21. The van der Waals surface area contributed by atoms with Crippen molar-refractivity contribution in [2.45, 2.75) is 57.3 Å². The fraction of sp³-hybridized carbons (Fsp3) is 0.529. The Bertz CT molecular complexity index is 504. The molecule has 0 aromatic carbocycles. The molecule has 2 aliphatic carbocycles. The summed E-state index contributed by atoms with van der Waals surface area (Å²) < 4.78 is 3.77. The first-order chi connectivity index (χ1) is 9.43. The Labute approximate surface area is 126 Å². The molecule has 1 aliphatic heterocycles. The fourth-order valence-electron chi connectivity index (χ4n) is 3.80. The first-order valence-corrected chi connectivity index (χ1v) is 10.2. The molecule has 0 unspecified atom stereocenters. The molecule has 2 heteroatoms. The minimum atomic E-state index is 0.709. The topological polar surface area (TPSA) is 0 Å². The van der Waals surface area contributed by atoms with Crippen LogP contribution in [0.3, 0.4) is 0 Å². The van der Waals surface area contributed by atoms with Gasteiger partial charge in [-0.25, -0.2) is 0 Å². The molecule has 0 atom stereocenters. The molecule has 3 aliphatic rings. The molecule has 0 fully saturated rings. The summed E-state index contributed by atoms with van der Waals surface area (Å²) in [4.78, 5) is 1.62. The fourth-order valence-corrected chi connectivity index (χ4v) is 7.83. The van der Waals surface area contributed by atoms with Crippen LogP contribution in [0.2, 0.25) is 0 Å². The number of rotatable bonds is 1. The normalized spacial score (nSPS) is 24.4. The van der Waals surface area contributed by atoms with Crippen LogP contribution in [-0.2, 0) is 0 Å². The van der Waals surface area contributed by atoms with Crippen molar-refractivity contribution in [3.8, 4) is 0 Å². The summed E-state index contributed by atoms with van der Waals surface area (Å²) in [6, 6.07) is 4.62. The molecule has 100 valence electrons. The van der Waals surface area contributed by atoms with Gasteiger partial charge in [-0.1, -0.05) is 0 Å². The van der Waals surface area contributed by atoms with E-state index in [4.69, 9.17) is 0 Å². The third kappa shape index (κ3) is 2.18. The molecule has 1 aromatic rings. The number of thiophene rings is 1. The van der Waals surface area contributed by atoms with Crippen LogP contribution in [0.15, 0.2) is 37.6 Å². The molecule has 0 amide bonds. The van der Waals surface area contributed by atoms with Crippen molar-refractivity contribution in [3.63, 3.8) is 0 Å². The first-order valence-electron chi connectivity index (χ1n) is 7.58. The van der Waals surface area contributed by atoms with Gasteiger partial charge < -0.3 is 0 Å².